The first kappa shape index (κ1) is 19.6. The molecule has 132 valence electrons. The molecule has 0 saturated heterocycles. The van der Waals surface area contributed by atoms with Crippen molar-refractivity contribution in [3.05, 3.63) is 58.1 Å². The molecule has 1 unspecified atom stereocenters. The zero-order chi connectivity index (χ0) is 18.4. The minimum absolute atomic E-state index is 0.125. The van der Waals surface area contributed by atoms with Gasteiger partial charge >= 0.3 is 5.97 Å². The van der Waals surface area contributed by atoms with E-state index < -0.39 is 18.0 Å². The number of aryl methyl sites for hydroxylation is 1. The van der Waals surface area contributed by atoms with Gasteiger partial charge in [0.05, 0.1) is 21.5 Å². The molecule has 0 aliphatic rings. The Bertz CT molecular complexity index is 783. The van der Waals surface area contributed by atoms with Gasteiger partial charge in [-0.2, -0.15) is 0 Å². The molecule has 0 saturated carbocycles. The Hall–Kier alpha value is -1.69. The molecule has 0 aliphatic carbocycles. The van der Waals surface area contributed by atoms with E-state index in [1.807, 2.05) is 31.2 Å². The van der Waals surface area contributed by atoms with Crippen LogP contribution in [-0.4, -0.2) is 23.7 Å². The highest BCUT2D eigenvalue weighted by Crippen LogP contribution is 2.29. The lowest BCUT2D eigenvalue weighted by Gasteiger charge is -2.14. The predicted octanol–water partition coefficient (Wildman–Crippen LogP) is 4.96. The molecule has 1 N–H and O–H groups in total. The third-order valence-corrected chi connectivity index (χ3v) is 5.29. The first-order chi connectivity index (χ1) is 11.9. The van der Waals surface area contributed by atoms with E-state index in [9.17, 15) is 9.59 Å². The molecule has 1 atom stereocenters. The van der Waals surface area contributed by atoms with Crippen LogP contribution in [0.15, 0.2) is 47.4 Å². The van der Waals surface area contributed by atoms with Crippen molar-refractivity contribution in [1.82, 2.24) is 0 Å². The van der Waals surface area contributed by atoms with Crippen molar-refractivity contribution in [3.8, 4) is 0 Å². The lowest BCUT2D eigenvalue weighted by Crippen LogP contribution is -2.30. The van der Waals surface area contributed by atoms with Crippen LogP contribution >= 0.6 is 35.0 Å². The number of carbonyl (C=O) groups excluding carboxylic acids is 2. The summed E-state index contributed by atoms with van der Waals surface area (Å²) in [6, 6.07) is 12.7. The molecule has 0 bridgehead atoms. The summed E-state index contributed by atoms with van der Waals surface area (Å²) in [5.41, 5.74) is 1.46. The number of hydrogen-bond donors (Lipinski definition) is 1. The van der Waals surface area contributed by atoms with Crippen molar-refractivity contribution in [3.63, 3.8) is 0 Å². The van der Waals surface area contributed by atoms with Gasteiger partial charge in [-0.05, 0) is 37.6 Å². The molecular formula is C18H17Cl2NO3S. The third-order valence-electron chi connectivity index (χ3n) is 3.33. The summed E-state index contributed by atoms with van der Waals surface area (Å²) >= 11 is 13.3. The molecule has 2 aromatic rings. The van der Waals surface area contributed by atoms with Gasteiger partial charge in [0.2, 0.25) is 0 Å². The second kappa shape index (κ2) is 9.13. The van der Waals surface area contributed by atoms with Crippen LogP contribution in [0.2, 0.25) is 10.0 Å². The van der Waals surface area contributed by atoms with Crippen LogP contribution in [0, 0.1) is 6.92 Å². The lowest BCUT2D eigenvalue weighted by atomic mass is 10.2. The largest absolute Gasteiger partial charge is 0.452 e. The summed E-state index contributed by atoms with van der Waals surface area (Å²) < 4.78 is 5.17. The highest BCUT2D eigenvalue weighted by atomic mass is 35.5. The first-order valence-electron chi connectivity index (χ1n) is 7.51. The molecule has 7 heteroatoms. The number of amides is 1. The number of hydrogen-bond acceptors (Lipinski definition) is 4. The topological polar surface area (TPSA) is 55.4 Å². The van der Waals surface area contributed by atoms with Crippen LogP contribution in [0.5, 0.6) is 0 Å². The fourth-order valence-corrected chi connectivity index (χ4v) is 3.13. The monoisotopic (exact) mass is 397 g/mol. The van der Waals surface area contributed by atoms with Crippen LogP contribution in [0.4, 0.5) is 5.69 Å². The van der Waals surface area contributed by atoms with Gasteiger partial charge in [0.25, 0.3) is 5.91 Å². The van der Waals surface area contributed by atoms with Crippen LogP contribution in [0.1, 0.15) is 12.5 Å². The number of ether oxygens (including phenoxy) is 1. The molecule has 0 spiro atoms. The second-order valence-electron chi connectivity index (χ2n) is 5.28. The van der Waals surface area contributed by atoms with E-state index in [0.717, 1.165) is 10.5 Å². The highest BCUT2D eigenvalue weighted by molar-refractivity contribution is 8.00. The number of nitrogens with one attached hydrogen (secondary N) is 1. The summed E-state index contributed by atoms with van der Waals surface area (Å²) in [6.07, 6.45) is -0.944. The third kappa shape index (κ3) is 5.66. The molecular weight excluding hydrogens is 381 g/mol. The number of carbonyl (C=O) groups is 2. The molecule has 0 aliphatic heterocycles. The molecule has 0 fully saturated rings. The minimum atomic E-state index is -0.944. The predicted molar refractivity (Wildman–Crippen MR) is 103 cm³/mol. The van der Waals surface area contributed by atoms with Crippen molar-refractivity contribution in [2.45, 2.75) is 24.8 Å². The van der Waals surface area contributed by atoms with Crippen LogP contribution in [-0.2, 0) is 14.3 Å². The normalized spacial score (nSPS) is 11.7. The fourth-order valence-electron chi connectivity index (χ4n) is 1.97. The van der Waals surface area contributed by atoms with Crippen LogP contribution in [0.25, 0.3) is 0 Å². The van der Waals surface area contributed by atoms with Gasteiger partial charge < -0.3 is 10.1 Å². The van der Waals surface area contributed by atoms with E-state index in [0.29, 0.717) is 10.7 Å². The summed E-state index contributed by atoms with van der Waals surface area (Å²) in [5.74, 6) is -0.813. The van der Waals surface area contributed by atoms with Gasteiger partial charge in [0.15, 0.2) is 6.10 Å². The van der Waals surface area contributed by atoms with Crippen LogP contribution in [0.3, 0.4) is 0 Å². The van der Waals surface area contributed by atoms with Crippen molar-refractivity contribution in [1.29, 1.82) is 0 Å². The maximum atomic E-state index is 12.1. The maximum Gasteiger partial charge on any atom is 0.317 e. The zero-order valence-electron chi connectivity index (χ0n) is 13.7. The van der Waals surface area contributed by atoms with Crippen molar-refractivity contribution < 1.29 is 14.3 Å². The molecule has 4 nitrogen and oxygen atoms in total. The van der Waals surface area contributed by atoms with Gasteiger partial charge in [0.1, 0.15) is 0 Å². The first-order valence-corrected chi connectivity index (χ1v) is 9.25. The van der Waals surface area contributed by atoms with Gasteiger partial charge in [-0.25, -0.2) is 0 Å². The van der Waals surface area contributed by atoms with Gasteiger partial charge in [-0.3, -0.25) is 9.59 Å². The lowest BCUT2D eigenvalue weighted by molar-refractivity contribution is -0.150. The van der Waals surface area contributed by atoms with Gasteiger partial charge in [-0.15, -0.1) is 11.8 Å². The Morgan fingerprint density at radius 1 is 1.16 bits per heavy atom. The van der Waals surface area contributed by atoms with E-state index in [1.54, 1.807) is 18.2 Å². The Morgan fingerprint density at radius 2 is 1.88 bits per heavy atom. The Labute approximate surface area is 160 Å². The maximum absolute atomic E-state index is 12.1. The zero-order valence-corrected chi connectivity index (χ0v) is 16.0. The van der Waals surface area contributed by atoms with E-state index in [2.05, 4.69) is 5.32 Å². The van der Waals surface area contributed by atoms with E-state index >= 15 is 0 Å². The Kier molecular flexibility index (Phi) is 7.17. The van der Waals surface area contributed by atoms with Gasteiger partial charge in [0, 0.05) is 4.90 Å². The van der Waals surface area contributed by atoms with E-state index in [1.165, 1.54) is 18.7 Å². The molecule has 0 heterocycles. The highest BCUT2D eigenvalue weighted by Gasteiger charge is 2.19. The molecule has 0 radical (unpaired) electrons. The van der Waals surface area contributed by atoms with Crippen LogP contribution < -0.4 is 5.32 Å². The number of esters is 1. The Morgan fingerprint density at radius 3 is 2.60 bits per heavy atom. The SMILES string of the molecule is Cc1ccccc1SCC(=O)OC(C)C(=O)Nc1cccc(Cl)c1Cl. The summed E-state index contributed by atoms with van der Waals surface area (Å²) in [5, 5.41) is 3.17. The average molecular weight is 398 g/mol. The standard InChI is InChI=1S/C18H17Cl2NO3S/c1-11-6-3-4-9-15(11)25-10-16(22)24-12(2)18(23)21-14-8-5-7-13(19)17(14)20/h3-9,12H,10H2,1-2H3,(H,21,23). The summed E-state index contributed by atoms with van der Waals surface area (Å²) in [4.78, 5) is 25.1. The quantitative estimate of drug-likeness (QED) is 0.552. The second-order valence-corrected chi connectivity index (χ2v) is 7.08. The average Bonchev–Trinajstić information content (AvgIpc) is 2.58. The minimum Gasteiger partial charge on any atom is -0.452 e. The smallest absolute Gasteiger partial charge is 0.317 e. The van der Waals surface area contributed by atoms with E-state index in [-0.39, 0.29) is 10.8 Å². The summed E-state index contributed by atoms with van der Waals surface area (Å²) in [7, 11) is 0. The number of rotatable bonds is 6. The molecule has 2 aromatic carbocycles. The van der Waals surface area contributed by atoms with Crippen molar-refractivity contribution in [2.75, 3.05) is 11.1 Å². The molecule has 1 amide bonds. The summed E-state index contributed by atoms with van der Waals surface area (Å²) in [6.45, 7) is 3.47. The molecule has 0 aromatic heterocycles. The number of benzene rings is 2. The van der Waals surface area contributed by atoms with Crippen molar-refractivity contribution >= 4 is 52.5 Å². The Balaban J connectivity index is 1.87. The number of thioether (sulfide) groups is 1. The van der Waals surface area contributed by atoms with Gasteiger partial charge in [-0.1, -0.05) is 47.5 Å². The van der Waals surface area contributed by atoms with Crippen molar-refractivity contribution in [2.24, 2.45) is 0 Å². The number of anilines is 1. The van der Waals surface area contributed by atoms with E-state index in [4.69, 9.17) is 27.9 Å². The molecule has 2 rings (SSSR count). The molecule has 25 heavy (non-hydrogen) atoms. The fraction of sp³-hybridized carbons (Fsp3) is 0.222. The number of halogens is 2.